The van der Waals surface area contributed by atoms with Crippen LogP contribution in [0.4, 0.5) is 10.2 Å². The highest BCUT2D eigenvalue weighted by atomic mass is 32.2. The molecule has 0 aliphatic rings. The van der Waals surface area contributed by atoms with Crippen LogP contribution in [0.3, 0.4) is 0 Å². The van der Waals surface area contributed by atoms with Gasteiger partial charge in [-0.2, -0.15) is 9.78 Å². The Morgan fingerprint density at radius 1 is 1.21 bits per heavy atom. The molecule has 2 aromatic heterocycles. The topological polar surface area (TPSA) is 59.8 Å². The molecule has 0 aliphatic heterocycles. The Morgan fingerprint density at radius 2 is 2.04 bits per heavy atom. The Balaban J connectivity index is 1.48. The van der Waals surface area contributed by atoms with E-state index in [1.807, 2.05) is 43.3 Å². The van der Waals surface area contributed by atoms with Crippen LogP contribution in [-0.4, -0.2) is 26.4 Å². The average molecular weight is 413 g/mol. The number of hydrogen-bond acceptors (Lipinski definition) is 5. The zero-order chi connectivity index (χ0) is 19.5. The normalized spacial score (nSPS) is 11.1. The van der Waals surface area contributed by atoms with Gasteiger partial charge in [-0.25, -0.2) is 9.37 Å². The smallest absolute Gasteiger partial charge is 0.226 e. The molecular weight excluding hydrogens is 395 g/mol. The quantitative estimate of drug-likeness (QED) is 0.450. The van der Waals surface area contributed by atoms with E-state index in [2.05, 4.69) is 15.4 Å². The molecule has 28 heavy (non-hydrogen) atoms. The molecule has 8 heteroatoms. The fourth-order valence-corrected chi connectivity index (χ4v) is 4.53. The number of aryl methyl sites for hydroxylation is 1. The number of para-hydroxylation sites is 1. The van der Waals surface area contributed by atoms with Gasteiger partial charge in [-0.05, 0) is 31.2 Å². The molecular formula is C20H17FN4OS2. The van der Waals surface area contributed by atoms with Gasteiger partial charge >= 0.3 is 0 Å². The number of aromatic nitrogens is 3. The van der Waals surface area contributed by atoms with Crippen LogP contribution in [0.1, 0.15) is 12.1 Å². The van der Waals surface area contributed by atoms with Crippen molar-refractivity contribution in [3.63, 3.8) is 0 Å². The number of hydrogen-bond donors (Lipinski definition) is 1. The zero-order valence-corrected chi connectivity index (χ0v) is 16.7. The molecule has 4 rings (SSSR count). The first-order valence-corrected chi connectivity index (χ1v) is 10.5. The molecule has 142 valence electrons. The van der Waals surface area contributed by atoms with Crippen molar-refractivity contribution < 1.29 is 9.18 Å². The number of carbonyl (C=O) groups is 1. The maximum atomic E-state index is 14.0. The van der Waals surface area contributed by atoms with E-state index in [0.29, 0.717) is 28.6 Å². The van der Waals surface area contributed by atoms with E-state index < -0.39 is 0 Å². The van der Waals surface area contributed by atoms with Crippen molar-refractivity contribution >= 4 is 45.0 Å². The molecule has 1 N–H and O–H groups in total. The van der Waals surface area contributed by atoms with Crippen molar-refractivity contribution in [3.8, 4) is 5.13 Å². The van der Waals surface area contributed by atoms with Crippen LogP contribution in [0.2, 0.25) is 0 Å². The third-order valence-corrected chi connectivity index (χ3v) is 5.99. The van der Waals surface area contributed by atoms with E-state index in [0.717, 1.165) is 15.3 Å². The van der Waals surface area contributed by atoms with Crippen molar-refractivity contribution in [3.05, 3.63) is 66.1 Å². The SMILES string of the molecule is Cc1cc(NC(=O)CCSc2ccccc2)n(-c2nc3c(F)cccc3s2)n1. The number of nitrogens with zero attached hydrogens (tertiary/aromatic N) is 3. The van der Waals surface area contributed by atoms with Crippen LogP contribution in [-0.2, 0) is 4.79 Å². The number of rotatable bonds is 6. The molecule has 0 spiro atoms. The average Bonchev–Trinajstić information content (AvgIpc) is 3.27. The maximum Gasteiger partial charge on any atom is 0.226 e. The van der Waals surface area contributed by atoms with Gasteiger partial charge in [0.25, 0.3) is 0 Å². The summed E-state index contributed by atoms with van der Waals surface area (Å²) in [7, 11) is 0. The van der Waals surface area contributed by atoms with Crippen molar-refractivity contribution in [1.82, 2.24) is 14.8 Å². The summed E-state index contributed by atoms with van der Waals surface area (Å²) in [5.41, 5.74) is 1.06. The van der Waals surface area contributed by atoms with E-state index in [1.54, 1.807) is 28.6 Å². The van der Waals surface area contributed by atoms with Crippen molar-refractivity contribution in [2.24, 2.45) is 0 Å². The van der Waals surface area contributed by atoms with Gasteiger partial charge in [0.05, 0.1) is 10.4 Å². The Kier molecular flexibility index (Phi) is 5.40. The largest absolute Gasteiger partial charge is 0.310 e. The van der Waals surface area contributed by atoms with Gasteiger partial charge in [-0.1, -0.05) is 35.6 Å². The Hall–Kier alpha value is -2.71. The second-order valence-corrected chi connectivity index (χ2v) is 8.30. The number of fused-ring (bicyclic) bond motifs is 1. The van der Waals surface area contributed by atoms with E-state index in [4.69, 9.17) is 0 Å². The lowest BCUT2D eigenvalue weighted by Gasteiger charge is -2.06. The first-order valence-electron chi connectivity index (χ1n) is 8.70. The first kappa shape index (κ1) is 18.6. The highest BCUT2D eigenvalue weighted by Gasteiger charge is 2.15. The fourth-order valence-electron chi connectivity index (χ4n) is 2.71. The van der Waals surface area contributed by atoms with Crippen molar-refractivity contribution in [2.75, 3.05) is 11.1 Å². The minimum Gasteiger partial charge on any atom is -0.310 e. The van der Waals surface area contributed by atoms with E-state index in [1.165, 1.54) is 17.4 Å². The molecule has 1 amide bonds. The molecule has 2 aromatic carbocycles. The molecule has 0 bridgehead atoms. The number of carbonyl (C=O) groups excluding carboxylic acids is 1. The summed E-state index contributed by atoms with van der Waals surface area (Å²) in [5.74, 6) is 0.742. The molecule has 0 atom stereocenters. The van der Waals surface area contributed by atoms with Gasteiger partial charge in [-0.15, -0.1) is 11.8 Å². The van der Waals surface area contributed by atoms with Gasteiger partial charge in [0.1, 0.15) is 17.2 Å². The Bertz CT molecular complexity index is 1120. The van der Waals surface area contributed by atoms with Crippen LogP contribution in [0.25, 0.3) is 15.3 Å². The molecule has 0 unspecified atom stereocenters. The molecule has 0 fully saturated rings. The van der Waals surface area contributed by atoms with E-state index in [-0.39, 0.29) is 11.7 Å². The van der Waals surface area contributed by atoms with Crippen LogP contribution in [0.15, 0.2) is 59.5 Å². The van der Waals surface area contributed by atoms with Gasteiger partial charge in [0, 0.05) is 23.1 Å². The third-order valence-electron chi connectivity index (χ3n) is 3.98. The van der Waals surface area contributed by atoms with Crippen LogP contribution >= 0.6 is 23.1 Å². The summed E-state index contributed by atoms with van der Waals surface area (Å²) in [6.45, 7) is 1.84. The number of thioether (sulfide) groups is 1. The number of nitrogens with one attached hydrogen (secondary N) is 1. The lowest BCUT2D eigenvalue weighted by atomic mass is 10.3. The minimum atomic E-state index is -0.368. The standard InChI is InChI=1S/C20H17FN4OS2/c1-13-12-17(22-18(26)10-11-27-14-6-3-2-4-7-14)25(24-13)20-23-19-15(21)8-5-9-16(19)28-20/h2-9,12H,10-11H2,1H3,(H,22,26). The van der Waals surface area contributed by atoms with Gasteiger partial charge in [0.2, 0.25) is 11.0 Å². The summed E-state index contributed by atoms with van der Waals surface area (Å²) in [4.78, 5) is 17.9. The Morgan fingerprint density at radius 3 is 2.82 bits per heavy atom. The predicted octanol–water partition coefficient (Wildman–Crippen LogP) is 5.05. The van der Waals surface area contributed by atoms with Crippen LogP contribution < -0.4 is 5.32 Å². The number of benzene rings is 2. The minimum absolute atomic E-state index is 0.100. The van der Waals surface area contributed by atoms with Crippen LogP contribution in [0, 0.1) is 12.7 Å². The molecule has 5 nitrogen and oxygen atoms in total. The van der Waals surface area contributed by atoms with Crippen molar-refractivity contribution in [2.45, 2.75) is 18.2 Å². The monoisotopic (exact) mass is 412 g/mol. The fraction of sp³-hybridized carbons (Fsp3) is 0.150. The first-order chi connectivity index (χ1) is 13.6. The van der Waals surface area contributed by atoms with E-state index in [9.17, 15) is 9.18 Å². The zero-order valence-electron chi connectivity index (χ0n) is 15.1. The molecule has 0 saturated carbocycles. The van der Waals surface area contributed by atoms with E-state index >= 15 is 0 Å². The van der Waals surface area contributed by atoms with Gasteiger partial charge in [0.15, 0.2) is 0 Å². The second-order valence-electron chi connectivity index (χ2n) is 6.13. The molecule has 2 heterocycles. The number of thiazole rings is 1. The molecule has 0 radical (unpaired) electrons. The summed E-state index contributed by atoms with van der Waals surface area (Å²) in [5, 5.41) is 7.82. The lowest BCUT2D eigenvalue weighted by Crippen LogP contribution is -2.15. The summed E-state index contributed by atoms with van der Waals surface area (Å²) in [6.07, 6.45) is 0.373. The summed E-state index contributed by atoms with van der Waals surface area (Å²) in [6, 6.07) is 16.6. The van der Waals surface area contributed by atoms with Crippen molar-refractivity contribution in [1.29, 1.82) is 0 Å². The van der Waals surface area contributed by atoms with Gasteiger partial charge < -0.3 is 5.32 Å². The number of anilines is 1. The summed E-state index contributed by atoms with van der Waals surface area (Å²) < 4.78 is 16.2. The van der Waals surface area contributed by atoms with Gasteiger partial charge in [-0.3, -0.25) is 4.79 Å². The molecule has 4 aromatic rings. The maximum absolute atomic E-state index is 14.0. The predicted molar refractivity (Wildman–Crippen MR) is 112 cm³/mol. The number of halogens is 1. The highest BCUT2D eigenvalue weighted by molar-refractivity contribution is 7.99. The second kappa shape index (κ2) is 8.12. The molecule has 0 aliphatic carbocycles. The lowest BCUT2D eigenvalue weighted by molar-refractivity contribution is -0.115. The highest BCUT2D eigenvalue weighted by Crippen LogP contribution is 2.28. The molecule has 0 saturated heterocycles. The van der Waals surface area contributed by atoms with Crippen LogP contribution in [0.5, 0.6) is 0 Å². The third kappa shape index (κ3) is 4.07. The number of amides is 1. The summed E-state index contributed by atoms with van der Waals surface area (Å²) >= 11 is 2.96. The Labute approximate surface area is 169 Å².